The number of aliphatic hydroxyl groups is 1. The Balaban J connectivity index is 2.23. The molecule has 0 aliphatic carbocycles. The highest BCUT2D eigenvalue weighted by Crippen LogP contribution is 2.27. The smallest absolute Gasteiger partial charge is 0.0502 e. The van der Waals surface area contributed by atoms with Crippen molar-refractivity contribution in [3.63, 3.8) is 0 Å². The van der Waals surface area contributed by atoms with Crippen LogP contribution in [-0.4, -0.2) is 11.7 Å². The van der Waals surface area contributed by atoms with Crippen molar-refractivity contribution in [2.45, 2.75) is 19.3 Å². The predicted octanol–water partition coefficient (Wildman–Crippen LogP) is 4.62. The van der Waals surface area contributed by atoms with Gasteiger partial charge in [-0.25, -0.2) is 0 Å². The summed E-state index contributed by atoms with van der Waals surface area (Å²) >= 11 is 12.2. The third-order valence-electron chi connectivity index (χ3n) is 3.24. The molecule has 0 saturated carbocycles. The number of hydrogen-bond donors (Lipinski definition) is 1. The minimum atomic E-state index is 0.0385. The summed E-state index contributed by atoms with van der Waals surface area (Å²) in [5.74, 6) is 0.0385. The molecule has 2 rings (SSSR count). The van der Waals surface area contributed by atoms with Crippen LogP contribution in [0.1, 0.15) is 22.6 Å². The zero-order chi connectivity index (χ0) is 13.8. The van der Waals surface area contributed by atoms with Crippen molar-refractivity contribution in [3.8, 4) is 0 Å². The lowest BCUT2D eigenvalue weighted by Crippen LogP contribution is -2.08. The highest BCUT2D eigenvalue weighted by molar-refractivity contribution is 6.33. The van der Waals surface area contributed by atoms with Gasteiger partial charge >= 0.3 is 0 Å². The normalized spacial score (nSPS) is 12.4. The summed E-state index contributed by atoms with van der Waals surface area (Å²) < 4.78 is 0. The Morgan fingerprint density at radius 2 is 1.74 bits per heavy atom. The molecule has 1 N–H and O–H groups in total. The minimum absolute atomic E-state index is 0.0385. The van der Waals surface area contributed by atoms with Gasteiger partial charge in [-0.05, 0) is 42.7 Å². The van der Waals surface area contributed by atoms with Gasteiger partial charge in [0.05, 0.1) is 6.61 Å². The molecule has 0 bridgehead atoms. The van der Waals surface area contributed by atoms with Crippen LogP contribution in [-0.2, 0) is 6.42 Å². The van der Waals surface area contributed by atoms with E-state index in [1.807, 2.05) is 13.0 Å². The van der Waals surface area contributed by atoms with E-state index in [1.165, 1.54) is 5.56 Å². The molecule has 0 aliphatic rings. The molecule has 0 spiro atoms. The Morgan fingerprint density at radius 1 is 1.05 bits per heavy atom. The van der Waals surface area contributed by atoms with Gasteiger partial charge in [-0.3, -0.25) is 0 Å². The van der Waals surface area contributed by atoms with E-state index < -0.39 is 0 Å². The van der Waals surface area contributed by atoms with Crippen LogP contribution in [0.25, 0.3) is 0 Å². The summed E-state index contributed by atoms with van der Waals surface area (Å²) in [7, 11) is 0. The molecular weight excluding hydrogens is 279 g/mol. The van der Waals surface area contributed by atoms with Gasteiger partial charge in [0.25, 0.3) is 0 Å². The summed E-state index contributed by atoms with van der Waals surface area (Å²) in [6.45, 7) is 2.14. The van der Waals surface area contributed by atoms with Crippen molar-refractivity contribution in [1.82, 2.24) is 0 Å². The van der Waals surface area contributed by atoms with Gasteiger partial charge < -0.3 is 5.11 Å². The van der Waals surface area contributed by atoms with Crippen LogP contribution in [0.5, 0.6) is 0 Å². The van der Waals surface area contributed by atoms with Crippen molar-refractivity contribution < 1.29 is 5.11 Å². The quantitative estimate of drug-likeness (QED) is 0.872. The van der Waals surface area contributed by atoms with E-state index in [4.69, 9.17) is 23.2 Å². The summed E-state index contributed by atoms with van der Waals surface area (Å²) in [5.41, 5.74) is 3.29. The zero-order valence-corrected chi connectivity index (χ0v) is 12.2. The first-order valence-corrected chi connectivity index (χ1v) is 6.97. The predicted molar refractivity (Wildman–Crippen MR) is 81.2 cm³/mol. The molecule has 0 aromatic heterocycles. The molecule has 0 fully saturated rings. The van der Waals surface area contributed by atoms with Crippen LogP contribution in [0.3, 0.4) is 0 Å². The van der Waals surface area contributed by atoms with E-state index in [9.17, 15) is 5.11 Å². The average molecular weight is 295 g/mol. The van der Waals surface area contributed by atoms with Gasteiger partial charge in [0.2, 0.25) is 0 Å². The van der Waals surface area contributed by atoms with Crippen LogP contribution in [0.15, 0.2) is 42.5 Å². The lowest BCUT2D eigenvalue weighted by Gasteiger charge is -2.16. The SMILES string of the molecule is Cc1ccc(C(CO)Cc2cc(Cl)ccc2Cl)cc1. The van der Waals surface area contributed by atoms with Crippen LogP contribution >= 0.6 is 23.2 Å². The number of aryl methyl sites for hydroxylation is 1. The van der Waals surface area contributed by atoms with Crippen LogP contribution in [0.4, 0.5) is 0 Å². The molecule has 100 valence electrons. The van der Waals surface area contributed by atoms with Crippen molar-refractivity contribution in [2.24, 2.45) is 0 Å². The third-order valence-corrected chi connectivity index (χ3v) is 3.85. The van der Waals surface area contributed by atoms with Gasteiger partial charge in [-0.15, -0.1) is 0 Å². The van der Waals surface area contributed by atoms with Gasteiger partial charge in [-0.1, -0.05) is 53.0 Å². The second kappa shape index (κ2) is 6.42. The van der Waals surface area contributed by atoms with E-state index in [2.05, 4.69) is 24.3 Å². The maximum Gasteiger partial charge on any atom is 0.0502 e. The fourth-order valence-corrected chi connectivity index (χ4v) is 2.48. The van der Waals surface area contributed by atoms with E-state index in [-0.39, 0.29) is 12.5 Å². The molecule has 1 unspecified atom stereocenters. The summed E-state index contributed by atoms with van der Waals surface area (Å²) in [4.78, 5) is 0. The van der Waals surface area contributed by atoms with Crippen LogP contribution in [0.2, 0.25) is 10.0 Å². The second-order valence-corrected chi connectivity index (χ2v) is 5.57. The number of halogens is 2. The number of hydrogen-bond acceptors (Lipinski definition) is 1. The Morgan fingerprint density at radius 3 is 2.37 bits per heavy atom. The monoisotopic (exact) mass is 294 g/mol. The van der Waals surface area contributed by atoms with E-state index in [1.54, 1.807) is 12.1 Å². The molecule has 1 atom stereocenters. The van der Waals surface area contributed by atoms with Crippen molar-refractivity contribution in [2.75, 3.05) is 6.61 Å². The first-order chi connectivity index (χ1) is 9.10. The fraction of sp³-hybridized carbons (Fsp3) is 0.250. The van der Waals surface area contributed by atoms with Crippen molar-refractivity contribution >= 4 is 23.2 Å². The van der Waals surface area contributed by atoms with Gasteiger partial charge in [-0.2, -0.15) is 0 Å². The molecule has 1 nitrogen and oxygen atoms in total. The lowest BCUT2D eigenvalue weighted by atomic mass is 9.92. The van der Waals surface area contributed by atoms with Crippen LogP contribution in [0, 0.1) is 6.92 Å². The average Bonchev–Trinajstić information content (AvgIpc) is 2.41. The molecule has 0 saturated heterocycles. The topological polar surface area (TPSA) is 20.2 Å². The standard InChI is InChI=1S/C16H16Cl2O/c1-11-2-4-12(5-3-11)14(10-19)8-13-9-15(17)6-7-16(13)18/h2-7,9,14,19H,8,10H2,1H3. The Labute approximate surface area is 123 Å². The molecule has 2 aromatic carbocycles. The molecule has 3 heteroatoms. The summed E-state index contributed by atoms with van der Waals surface area (Å²) in [6, 6.07) is 13.6. The van der Waals surface area contributed by atoms with E-state index in [0.717, 1.165) is 11.1 Å². The van der Waals surface area contributed by atoms with E-state index in [0.29, 0.717) is 16.5 Å². The maximum absolute atomic E-state index is 9.59. The zero-order valence-electron chi connectivity index (χ0n) is 10.7. The molecular formula is C16H16Cl2O. The first kappa shape index (κ1) is 14.4. The molecule has 0 radical (unpaired) electrons. The van der Waals surface area contributed by atoms with Gasteiger partial charge in [0.1, 0.15) is 0 Å². The summed E-state index contributed by atoms with van der Waals surface area (Å²) in [6.07, 6.45) is 0.680. The number of aliphatic hydroxyl groups excluding tert-OH is 1. The van der Waals surface area contributed by atoms with Gasteiger partial charge in [0, 0.05) is 16.0 Å². The third kappa shape index (κ3) is 3.73. The van der Waals surface area contributed by atoms with E-state index >= 15 is 0 Å². The molecule has 0 aliphatic heterocycles. The molecule has 0 amide bonds. The maximum atomic E-state index is 9.59. The molecule has 0 heterocycles. The Bertz CT molecular complexity index is 549. The Kier molecular flexibility index (Phi) is 4.87. The molecule has 19 heavy (non-hydrogen) atoms. The second-order valence-electron chi connectivity index (χ2n) is 4.73. The van der Waals surface area contributed by atoms with Gasteiger partial charge in [0.15, 0.2) is 0 Å². The lowest BCUT2D eigenvalue weighted by molar-refractivity contribution is 0.264. The number of rotatable bonds is 4. The highest BCUT2D eigenvalue weighted by Gasteiger charge is 2.13. The Hall–Kier alpha value is -1.02. The largest absolute Gasteiger partial charge is 0.396 e. The minimum Gasteiger partial charge on any atom is -0.396 e. The highest BCUT2D eigenvalue weighted by atomic mass is 35.5. The van der Waals surface area contributed by atoms with Crippen molar-refractivity contribution in [1.29, 1.82) is 0 Å². The fourth-order valence-electron chi connectivity index (χ4n) is 2.09. The van der Waals surface area contributed by atoms with Crippen LogP contribution < -0.4 is 0 Å². The number of benzene rings is 2. The molecule has 2 aromatic rings. The summed E-state index contributed by atoms with van der Waals surface area (Å²) in [5, 5.41) is 11.0. The van der Waals surface area contributed by atoms with Crippen molar-refractivity contribution in [3.05, 3.63) is 69.2 Å². The first-order valence-electron chi connectivity index (χ1n) is 6.21.